The number of rotatable bonds is 4. The molecule has 140 valence electrons. The molecule has 1 aliphatic rings. The number of hydrogen-bond acceptors (Lipinski definition) is 3. The molecular formula is C17H18F3N3O2S. The van der Waals surface area contributed by atoms with Crippen molar-refractivity contribution in [3.8, 4) is 0 Å². The van der Waals surface area contributed by atoms with Gasteiger partial charge < -0.3 is 0 Å². The first kappa shape index (κ1) is 18.5. The van der Waals surface area contributed by atoms with Crippen LogP contribution in [0.3, 0.4) is 0 Å². The highest BCUT2D eigenvalue weighted by Gasteiger charge is 2.36. The first-order valence-electron chi connectivity index (χ1n) is 8.07. The van der Waals surface area contributed by atoms with E-state index in [-0.39, 0.29) is 16.5 Å². The largest absolute Gasteiger partial charge is 0.435 e. The van der Waals surface area contributed by atoms with Gasteiger partial charge in [0.1, 0.15) is 0 Å². The zero-order chi connectivity index (χ0) is 18.9. The first-order chi connectivity index (χ1) is 12.2. The summed E-state index contributed by atoms with van der Waals surface area (Å²) < 4.78 is 64.3. The third-order valence-electron chi connectivity index (χ3n) is 4.34. The third kappa shape index (κ3) is 3.92. The van der Waals surface area contributed by atoms with Gasteiger partial charge in [-0.2, -0.15) is 31.2 Å². The second kappa shape index (κ2) is 6.79. The number of alkyl halides is 3. The van der Waals surface area contributed by atoms with Crippen molar-refractivity contribution in [2.45, 2.75) is 43.2 Å². The SMILES string of the molecule is CC1=CCC(c2cc(C(F)(F)F)nn2NS(=O)(=O)c2ccccc2)CC1. The van der Waals surface area contributed by atoms with E-state index in [2.05, 4.69) is 9.93 Å². The molecule has 2 aromatic rings. The van der Waals surface area contributed by atoms with Gasteiger partial charge in [0.05, 0.1) is 10.6 Å². The molecule has 0 spiro atoms. The van der Waals surface area contributed by atoms with Crippen LogP contribution in [0.4, 0.5) is 13.2 Å². The van der Waals surface area contributed by atoms with Gasteiger partial charge in [0.25, 0.3) is 10.0 Å². The lowest BCUT2D eigenvalue weighted by Crippen LogP contribution is -2.27. The molecule has 1 heterocycles. The molecule has 0 radical (unpaired) electrons. The normalized spacial score (nSPS) is 18.5. The van der Waals surface area contributed by atoms with E-state index < -0.39 is 21.9 Å². The average molecular weight is 385 g/mol. The quantitative estimate of drug-likeness (QED) is 0.808. The summed E-state index contributed by atoms with van der Waals surface area (Å²) in [5, 5.41) is 3.47. The minimum atomic E-state index is -4.65. The smallest absolute Gasteiger partial charge is 0.200 e. The van der Waals surface area contributed by atoms with Crippen molar-refractivity contribution >= 4 is 10.0 Å². The van der Waals surface area contributed by atoms with Crippen LogP contribution < -0.4 is 4.83 Å². The lowest BCUT2D eigenvalue weighted by molar-refractivity contribution is -0.141. The molecule has 5 nitrogen and oxygen atoms in total. The van der Waals surface area contributed by atoms with Crippen molar-refractivity contribution in [3.05, 3.63) is 59.4 Å². The van der Waals surface area contributed by atoms with Crippen LogP contribution in [0.5, 0.6) is 0 Å². The zero-order valence-corrected chi connectivity index (χ0v) is 14.8. The Morgan fingerprint density at radius 3 is 2.50 bits per heavy atom. The van der Waals surface area contributed by atoms with Crippen LogP contribution in [0.1, 0.15) is 43.5 Å². The Labute approximate surface area is 149 Å². The molecule has 0 saturated heterocycles. The molecule has 3 rings (SSSR count). The van der Waals surface area contributed by atoms with Crippen LogP contribution in [-0.2, 0) is 16.2 Å². The van der Waals surface area contributed by atoms with E-state index in [4.69, 9.17) is 0 Å². The van der Waals surface area contributed by atoms with E-state index in [1.807, 2.05) is 13.0 Å². The summed E-state index contributed by atoms with van der Waals surface area (Å²) in [6, 6.07) is 8.37. The van der Waals surface area contributed by atoms with E-state index in [0.717, 1.165) is 17.3 Å². The van der Waals surface area contributed by atoms with E-state index in [1.54, 1.807) is 6.07 Å². The van der Waals surface area contributed by atoms with Crippen molar-refractivity contribution < 1.29 is 21.6 Å². The van der Waals surface area contributed by atoms with Crippen molar-refractivity contribution in [1.82, 2.24) is 9.89 Å². The number of sulfonamides is 1. The van der Waals surface area contributed by atoms with Crippen molar-refractivity contribution in [3.63, 3.8) is 0 Å². The summed E-state index contributed by atoms with van der Waals surface area (Å²) in [6.07, 6.45) is -0.758. The van der Waals surface area contributed by atoms with Gasteiger partial charge in [0.15, 0.2) is 5.69 Å². The molecule has 0 saturated carbocycles. The molecule has 1 atom stereocenters. The molecule has 1 N–H and O–H groups in total. The van der Waals surface area contributed by atoms with Gasteiger partial charge in [-0.15, -0.1) is 5.10 Å². The summed E-state index contributed by atoms with van der Waals surface area (Å²) in [5.41, 5.74) is 0.267. The van der Waals surface area contributed by atoms with Gasteiger partial charge in [-0.05, 0) is 44.4 Å². The van der Waals surface area contributed by atoms with Crippen LogP contribution in [0.25, 0.3) is 0 Å². The minimum absolute atomic E-state index is 0.0469. The Morgan fingerprint density at radius 1 is 1.23 bits per heavy atom. The fourth-order valence-electron chi connectivity index (χ4n) is 2.90. The lowest BCUT2D eigenvalue weighted by atomic mass is 9.88. The average Bonchev–Trinajstić information content (AvgIpc) is 3.00. The number of aromatic nitrogens is 2. The van der Waals surface area contributed by atoms with Gasteiger partial charge in [0.2, 0.25) is 0 Å². The van der Waals surface area contributed by atoms with Crippen molar-refractivity contribution in [2.24, 2.45) is 0 Å². The second-order valence-electron chi connectivity index (χ2n) is 6.29. The number of halogens is 3. The van der Waals surface area contributed by atoms with Gasteiger partial charge in [-0.3, -0.25) is 0 Å². The number of hydrogen-bond donors (Lipinski definition) is 1. The molecule has 9 heteroatoms. The van der Waals surface area contributed by atoms with Crippen molar-refractivity contribution in [1.29, 1.82) is 0 Å². The molecule has 0 bridgehead atoms. The van der Waals surface area contributed by atoms with E-state index in [0.29, 0.717) is 12.8 Å². The maximum Gasteiger partial charge on any atom is 0.435 e. The number of allylic oxidation sites excluding steroid dienone is 2. The minimum Gasteiger partial charge on any atom is -0.200 e. The highest BCUT2D eigenvalue weighted by molar-refractivity contribution is 7.92. The Hall–Kier alpha value is -2.29. The maximum atomic E-state index is 13.1. The van der Waals surface area contributed by atoms with E-state index in [9.17, 15) is 21.6 Å². The number of nitrogens with one attached hydrogen (secondary N) is 1. The molecular weight excluding hydrogens is 367 g/mol. The molecule has 1 unspecified atom stereocenters. The Kier molecular flexibility index (Phi) is 4.83. The highest BCUT2D eigenvalue weighted by atomic mass is 32.2. The summed E-state index contributed by atoms with van der Waals surface area (Å²) in [5.74, 6) is -0.235. The van der Waals surface area contributed by atoms with E-state index in [1.165, 1.54) is 29.8 Å². The van der Waals surface area contributed by atoms with E-state index >= 15 is 0 Å². The first-order valence-corrected chi connectivity index (χ1v) is 9.56. The molecule has 0 aliphatic heterocycles. The maximum absolute atomic E-state index is 13.1. The molecule has 1 aliphatic carbocycles. The predicted molar refractivity (Wildman–Crippen MR) is 90.6 cm³/mol. The zero-order valence-electron chi connectivity index (χ0n) is 14.0. The van der Waals surface area contributed by atoms with Gasteiger partial charge in [-0.1, -0.05) is 29.8 Å². The molecule has 0 fully saturated rings. The molecule has 1 aromatic heterocycles. The standard InChI is InChI=1S/C17H18F3N3O2S/c1-12-7-9-13(10-8-12)15-11-16(17(18,19)20)21-23(15)22-26(24,25)14-5-3-2-4-6-14/h2-7,11,13,22H,8-10H2,1H3. The fourth-order valence-corrected chi connectivity index (χ4v) is 3.89. The van der Waals surface area contributed by atoms with Gasteiger partial charge in [-0.25, -0.2) is 0 Å². The summed E-state index contributed by atoms with van der Waals surface area (Å²) >= 11 is 0. The second-order valence-corrected chi connectivity index (χ2v) is 7.95. The van der Waals surface area contributed by atoms with Crippen LogP contribution in [-0.4, -0.2) is 18.3 Å². The molecule has 1 aromatic carbocycles. The predicted octanol–water partition coefficient (Wildman–Crippen LogP) is 4.05. The Morgan fingerprint density at radius 2 is 1.92 bits per heavy atom. The van der Waals surface area contributed by atoms with Crippen LogP contribution in [0.2, 0.25) is 0 Å². The summed E-state index contributed by atoms with van der Waals surface area (Å²) in [6.45, 7) is 1.97. The Balaban J connectivity index is 1.99. The van der Waals surface area contributed by atoms with Crippen molar-refractivity contribution in [2.75, 3.05) is 4.83 Å². The van der Waals surface area contributed by atoms with Crippen LogP contribution in [0.15, 0.2) is 52.9 Å². The topological polar surface area (TPSA) is 64.0 Å². The Bertz CT molecular complexity index is 918. The fraction of sp³-hybridized carbons (Fsp3) is 0.353. The van der Waals surface area contributed by atoms with Gasteiger partial charge >= 0.3 is 6.18 Å². The summed E-state index contributed by atoms with van der Waals surface area (Å²) in [4.78, 5) is 2.87. The van der Waals surface area contributed by atoms with Crippen LogP contribution >= 0.6 is 0 Å². The molecule has 26 heavy (non-hydrogen) atoms. The number of benzene rings is 1. The summed E-state index contributed by atoms with van der Waals surface area (Å²) in [7, 11) is -4.05. The third-order valence-corrected chi connectivity index (χ3v) is 5.65. The van der Waals surface area contributed by atoms with Gasteiger partial charge in [0, 0.05) is 5.92 Å². The molecule has 0 amide bonds. The highest BCUT2D eigenvalue weighted by Crippen LogP contribution is 2.35. The monoisotopic (exact) mass is 385 g/mol. The number of nitrogens with zero attached hydrogens (tertiary/aromatic N) is 2. The lowest BCUT2D eigenvalue weighted by Gasteiger charge is -2.21. The van der Waals surface area contributed by atoms with Crippen LogP contribution in [0, 0.1) is 0 Å².